The maximum Gasteiger partial charge on any atom is 0.227 e. The summed E-state index contributed by atoms with van der Waals surface area (Å²) in [7, 11) is 1.81. The Balaban J connectivity index is 1.96. The molecule has 0 aliphatic carbocycles. The number of likely N-dealkylation sites (N-methyl/N-ethyl adjacent to an activating group) is 1. The van der Waals surface area contributed by atoms with Crippen LogP contribution in [0.2, 0.25) is 0 Å². The van der Waals surface area contributed by atoms with Gasteiger partial charge in [0.15, 0.2) is 0 Å². The van der Waals surface area contributed by atoms with E-state index in [0.717, 1.165) is 11.3 Å². The summed E-state index contributed by atoms with van der Waals surface area (Å²) in [4.78, 5) is 18.1. The molecule has 0 aliphatic heterocycles. The Bertz CT molecular complexity index is 552. The first-order valence-electron chi connectivity index (χ1n) is 6.34. The van der Waals surface area contributed by atoms with Crippen molar-refractivity contribution in [3.63, 3.8) is 0 Å². The lowest BCUT2D eigenvalue weighted by atomic mass is 10.1. The molecule has 3 nitrogen and oxygen atoms in total. The minimum absolute atomic E-state index is 0.108. The van der Waals surface area contributed by atoms with Gasteiger partial charge in [0, 0.05) is 13.2 Å². The van der Waals surface area contributed by atoms with Gasteiger partial charge in [-0.1, -0.05) is 35.9 Å². The first-order valence-corrected chi connectivity index (χ1v) is 6.34. The molecule has 1 aromatic heterocycles. The fourth-order valence-corrected chi connectivity index (χ4v) is 1.95. The zero-order valence-electron chi connectivity index (χ0n) is 11.3. The average Bonchev–Trinajstić information content (AvgIpc) is 2.40. The number of aryl methyl sites for hydroxylation is 1. The maximum absolute atomic E-state index is 12.1. The lowest BCUT2D eigenvalue weighted by molar-refractivity contribution is -0.129. The minimum atomic E-state index is 0.108. The summed E-state index contributed by atoms with van der Waals surface area (Å²) >= 11 is 0. The number of carbonyl (C=O) groups is 1. The Morgan fingerprint density at radius 3 is 2.74 bits per heavy atom. The number of amides is 1. The zero-order valence-corrected chi connectivity index (χ0v) is 11.3. The molecule has 2 aromatic rings. The first kappa shape index (κ1) is 13.3. The van der Waals surface area contributed by atoms with Crippen LogP contribution in [-0.4, -0.2) is 22.8 Å². The molecule has 98 valence electrons. The van der Waals surface area contributed by atoms with E-state index >= 15 is 0 Å². The molecular weight excluding hydrogens is 236 g/mol. The van der Waals surface area contributed by atoms with E-state index in [0.29, 0.717) is 13.0 Å². The van der Waals surface area contributed by atoms with Crippen molar-refractivity contribution in [2.45, 2.75) is 19.9 Å². The smallest absolute Gasteiger partial charge is 0.227 e. The van der Waals surface area contributed by atoms with Crippen molar-refractivity contribution in [1.82, 2.24) is 9.88 Å². The number of hydrogen-bond donors (Lipinski definition) is 0. The van der Waals surface area contributed by atoms with E-state index < -0.39 is 0 Å². The van der Waals surface area contributed by atoms with E-state index in [1.165, 1.54) is 5.56 Å². The second kappa shape index (κ2) is 6.14. The van der Waals surface area contributed by atoms with Crippen LogP contribution in [0.3, 0.4) is 0 Å². The number of carbonyl (C=O) groups excluding carboxylic acids is 1. The quantitative estimate of drug-likeness (QED) is 0.840. The van der Waals surface area contributed by atoms with E-state index in [9.17, 15) is 4.79 Å². The monoisotopic (exact) mass is 254 g/mol. The highest BCUT2D eigenvalue weighted by atomic mass is 16.2. The van der Waals surface area contributed by atoms with Gasteiger partial charge in [0.1, 0.15) is 0 Å². The van der Waals surface area contributed by atoms with Gasteiger partial charge in [-0.3, -0.25) is 9.78 Å². The number of pyridine rings is 1. The molecule has 0 bridgehead atoms. The van der Waals surface area contributed by atoms with Crippen LogP contribution in [0.4, 0.5) is 0 Å². The van der Waals surface area contributed by atoms with Gasteiger partial charge in [0.2, 0.25) is 5.91 Å². The van der Waals surface area contributed by atoms with Gasteiger partial charge in [-0.25, -0.2) is 0 Å². The largest absolute Gasteiger partial charge is 0.340 e. The Labute approximate surface area is 113 Å². The van der Waals surface area contributed by atoms with Gasteiger partial charge in [-0.2, -0.15) is 0 Å². The SMILES string of the molecule is Cc1cccc(CC(=O)N(C)Cc2ccccn2)c1. The molecule has 1 amide bonds. The first-order chi connectivity index (χ1) is 9.15. The molecule has 0 saturated heterocycles. The van der Waals surface area contributed by atoms with Crippen LogP contribution in [0, 0.1) is 6.92 Å². The topological polar surface area (TPSA) is 33.2 Å². The molecule has 19 heavy (non-hydrogen) atoms. The van der Waals surface area contributed by atoms with E-state index in [-0.39, 0.29) is 5.91 Å². The maximum atomic E-state index is 12.1. The van der Waals surface area contributed by atoms with Gasteiger partial charge >= 0.3 is 0 Å². The lowest BCUT2D eigenvalue weighted by Gasteiger charge is -2.16. The fraction of sp³-hybridized carbons (Fsp3) is 0.250. The Hall–Kier alpha value is -2.16. The third kappa shape index (κ3) is 3.91. The highest BCUT2D eigenvalue weighted by molar-refractivity contribution is 5.78. The normalized spacial score (nSPS) is 10.2. The molecule has 0 unspecified atom stereocenters. The summed E-state index contributed by atoms with van der Waals surface area (Å²) in [6, 6.07) is 13.8. The van der Waals surface area contributed by atoms with Crippen LogP contribution < -0.4 is 0 Å². The van der Waals surface area contributed by atoms with E-state index in [1.54, 1.807) is 11.1 Å². The van der Waals surface area contributed by atoms with Crippen LogP contribution in [0.15, 0.2) is 48.7 Å². The highest BCUT2D eigenvalue weighted by Crippen LogP contribution is 2.07. The van der Waals surface area contributed by atoms with Crippen LogP contribution in [-0.2, 0) is 17.8 Å². The molecule has 3 heteroatoms. The van der Waals surface area contributed by atoms with Crippen molar-refractivity contribution in [3.05, 3.63) is 65.5 Å². The van der Waals surface area contributed by atoms with Crippen molar-refractivity contribution in [2.24, 2.45) is 0 Å². The predicted molar refractivity (Wildman–Crippen MR) is 75.6 cm³/mol. The number of benzene rings is 1. The minimum Gasteiger partial charge on any atom is -0.340 e. The van der Waals surface area contributed by atoms with Gasteiger partial charge in [0.25, 0.3) is 0 Å². The molecule has 0 atom stereocenters. The fourth-order valence-electron chi connectivity index (χ4n) is 1.95. The molecule has 0 aliphatic rings. The summed E-state index contributed by atoms with van der Waals surface area (Å²) in [5, 5.41) is 0. The second-order valence-electron chi connectivity index (χ2n) is 4.74. The van der Waals surface area contributed by atoms with Crippen molar-refractivity contribution < 1.29 is 4.79 Å². The molecule has 0 spiro atoms. The summed E-state index contributed by atoms with van der Waals surface area (Å²) in [6.45, 7) is 2.58. The summed E-state index contributed by atoms with van der Waals surface area (Å²) < 4.78 is 0. The molecule has 0 fully saturated rings. The summed E-state index contributed by atoms with van der Waals surface area (Å²) in [6.07, 6.45) is 2.18. The third-order valence-corrected chi connectivity index (χ3v) is 2.99. The Morgan fingerprint density at radius 1 is 1.21 bits per heavy atom. The van der Waals surface area contributed by atoms with Gasteiger partial charge < -0.3 is 4.90 Å². The Morgan fingerprint density at radius 2 is 2.05 bits per heavy atom. The molecule has 0 N–H and O–H groups in total. The van der Waals surface area contributed by atoms with Crippen molar-refractivity contribution in [3.8, 4) is 0 Å². The standard InChI is InChI=1S/C16H18N2O/c1-13-6-5-7-14(10-13)11-16(19)18(2)12-15-8-3-4-9-17-15/h3-10H,11-12H2,1-2H3. The van der Waals surface area contributed by atoms with Crippen molar-refractivity contribution in [2.75, 3.05) is 7.05 Å². The number of rotatable bonds is 4. The van der Waals surface area contributed by atoms with Crippen molar-refractivity contribution in [1.29, 1.82) is 0 Å². The number of hydrogen-bond acceptors (Lipinski definition) is 2. The predicted octanol–water partition coefficient (Wildman–Crippen LogP) is 2.59. The third-order valence-electron chi connectivity index (χ3n) is 2.99. The van der Waals surface area contributed by atoms with E-state index in [4.69, 9.17) is 0 Å². The molecule has 0 saturated carbocycles. The summed E-state index contributed by atoms with van der Waals surface area (Å²) in [5.74, 6) is 0.108. The number of aromatic nitrogens is 1. The van der Waals surface area contributed by atoms with Gasteiger partial charge in [-0.15, -0.1) is 0 Å². The van der Waals surface area contributed by atoms with Crippen molar-refractivity contribution >= 4 is 5.91 Å². The second-order valence-corrected chi connectivity index (χ2v) is 4.74. The average molecular weight is 254 g/mol. The molecule has 2 rings (SSSR count). The van der Waals surface area contributed by atoms with Gasteiger partial charge in [0.05, 0.1) is 18.7 Å². The zero-order chi connectivity index (χ0) is 13.7. The van der Waals surface area contributed by atoms with E-state index in [2.05, 4.69) is 4.98 Å². The molecule has 0 radical (unpaired) electrons. The van der Waals surface area contributed by atoms with Crippen LogP contribution >= 0.6 is 0 Å². The molecular formula is C16H18N2O. The van der Waals surface area contributed by atoms with Crippen LogP contribution in [0.5, 0.6) is 0 Å². The lowest BCUT2D eigenvalue weighted by Crippen LogP contribution is -2.28. The van der Waals surface area contributed by atoms with Gasteiger partial charge in [-0.05, 0) is 24.6 Å². The molecule has 1 heterocycles. The molecule has 1 aromatic carbocycles. The van der Waals surface area contributed by atoms with Crippen LogP contribution in [0.25, 0.3) is 0 Å². The summed E-state index contributed by atoms with van der Waals surface area (Å²) in [5.41, 5.74) is 3.14. The van der Waals surface area contributed by atoms with E-state index in [1.807, 2.05) is 56.4 Å². The highest BCUT2D eigenvalue weighted by Gasteiger charge is 2.10. The Kier molecular flexibility index (Phi) is 4.29. The number of nitrogens with zero attached hydrogens (tertiary/aromatic N) is 2. The van der Waals surface area contributed by atoms with Crippen LogP contribution in [0.1, 0.15) is 16.8 Å².